The van der Waals surface area contributed by atoms with E-state index in [1.807, 2.05) is 30.5 Å². The van der Waals surface area contributed by atoms with Gasteiger partial charge in [-0.2, -0.15) is 5.26 Å². The lowest BCUT2D eigenvalue weighted by atomic mass is 9.87. The molecule has 0 saturated heterocycles. The normalized spacial score (nSPS) is 15.9. The van der Waals surface area contributed by atoms with Gasteiger partial charge in [-0.1, -0.05) is 23.9 Å². The van der Waals surface area contributed by atoms with E-state index in [4.69, 9.17) is 4.74 Å². The molecule has 0 aromatic heterocycles. The number of nitrogens with zero attached hydrogens (tertiary/aromatic N) is 1. The van der Waals surface area contributed by atoms with Crippen molar-refractivity contribution in [3.8, 4) is 11.8 Å². The highest BCUT2D eigenvalue weighted by atomic mass is 32.2. The van der Waals surface area contributed by atoms with Gasteiger partial charge in [0.25, 0.3) is 0 Å². The highest BCUT2D eigenvalue weighted by Crippen LogP contribution is 2.36. The third-order valence-corrected chi connectivity index (χ3v) is 6.36. The second-order valence-corrected chi connectivity index (χ2v) is 8.36. The Bertz CT molecular complexity index is 996. The van der Waals surface area contributed by atoms with Crippen LogP contribution in [-0.4, -0.2) is 30.9 Å². The molecule has 2 aromatic carbocycles. The fraction of sp³-hybridized carbons (Fsp3) is 0.227. The SMILES string of the molecule is COc1ccc(NC(=O)CSC2=C(C#N)[C@H](c3ccc(SC)cc3)CC(=O)N2)cc1. The first kappa shape index (κ1) is 21.8. The number of rotatable bonds is 7. The number of amides is 2. The lowest BCUT2D eigenvalue weighted by Crippen LogP contribution is -2.31. The number of nitrogens with one attached hydrogen (secondary N) is 2. The van der Waals surface area contributed by atoms with E-state index in [1.54, 1.807) is 43.1 Å². The smallest absolute Gasteiger partial charge is 0.234 e. The Labute approximate surface area is 184 Å². The Morgan fingerprint density at radius 1 is 1.23 bits per heavy atom. The van der Waals surface area contributed by atoms with E-state index in [-0.39, 0.29) is 29.9 Å². The van der Waals surface area contributed by atoms with Crippen molar-refractivity contribution < 1.29 is 14.3 Å². The maximum atomic E-state index is 12.3. The van der Waals surface area contributed by atoms with Crippen molar-refractivity contribution >= 4 is 41.0 Å². The summed E-state index contributed by atoms with van der Waals surface area (Å²) in [5, 5.41) is 15.7. The topological polar surface area (TPSA) is 91.2 Å². The van der Waals surface area contributed by atoms with Crippen LogP contribution in [-0.2, 0) is 9.59 Å². The Balaban J connectivity index is 1.71. The minimum Gasteiger partial charge on any atom is -0.497 e. The number of carbonyl (C=O) groups excluding carboxylic acids is 2. The van der Waals surface area contributed by atoms with Crippen LogP contribution >= 0.6 is 23.5 Å². The van der Waals surface area contributed by atoms with Crippen LogP contribution in [0.2, 0.25) is 0 Å². The summed E-state index contributed by atoms with van der Waals surface area (Å²) in [5.74, 6) is 0.0755. The molecule has 154 valence electrons. The molecule has 6 nitrogen and oxygen atoms in total. The van der Waals surface area contributed by atoms with Crippen LogP contribution in [0.15, 0.2) is 64.0 Å². The molecule has 1 aliphatic rings. The molecule has 0 bridgehead atoms. The zero-order chi connectivity index (χ0) is 21.5. The van der Waals surface area contributed by atoms with Crippen LogP contribution in [0.5, 0.6) is 5.75 Å². The van der Waals surface area contributed by atoms with Crippen molar-refractivity contribution in [2.75, 3.05) is 24.4 Å². The monoisotopic (exact) mass is 439 g/mol. The molecular weight excluding hydrogens is 418 g/mol. The van der Waals surface area contributed by atoms with Crippen LogP contribution in [0.1, 0.15) is 17.9 Å². The highest BCUT2D eigenvalue weighted by molar-refractivity contribution is 8.03. The lowest BCUT2D eigenvalue weighted by Gasteiger charge is -2.25. The molecular formula is C22H21N3O3S2. The molecule has 2 aromatic rings. The van der Waals surface area contributed by atoms with E-state index in [9.17, 15) is 14.9 Å². The van der Waals surface area contributed by atoms with Gasteiger partial charge in [0.2, 0.25) is 11.8 Å². The van der Waals surface area contributed by atoms with Crippen molar-refractivity contribution in [2.24, 2.45) is 0 Å². The number of hydrogen-bond acceptors (Lipinski definition) is 6. The van der Waals surface area contributed by atoms with E-state index < -0.39 is 0 Å². The van der Waals surface area contributed by atoms with Crippen LogP contribution in [0.4, 0.5) is 5.69 Å². The second-order valence-electron chi connectivity index (χ2n) is 6.50. The van der Waals surface area contributed by atoms with Gasteiger partial charge in [0.05, 0.1) is 29.5 Å². The van der Waals surface area contributed by atoms with Crippen LogP contribution in [0.25, 0.3) is 0 Å². The summed E-state index contributed by atoms with van der Waals surface area (Å²) in [6, 6.07) is 17.1. The van der Waals surface area contributed by atoms with Gasteiger partial charge < -0.3 is 15.4 Å². The van der Waals surface area contributed by atoms with Crippen molar-refractivity contribution in [3.05, 3.63) is 64.7 Å². The highest BCUT2D eigenvalue weighted by Gasteiger charge is 2.29. The number of carbonyl (C=O) groups is 2. The van der Waals surface area contributed by atoms with Gasteiger partial charge in [-0.3, -0.25) is 9.59 Å². The number of hydrogen-bond donors (Lipinski definition) is 2. The number of anilines is 1. The minimum absolute atomic E-state index is 0.0744. The van der Waals surface area contributed by atoms with Gasteiger partial charge in [0.15, 0.2) is 0 Å². The van der Waals surface area contributed by atoms with Gasteiger partial charge in [0.1, 0.15) is 5.75 Å². The predicted molar refractivity (Wildman–Crippen MR) is 120 cm³/mol. The number of ether oxygens (including phenoxy) is 1. The van der Waals surface area contributed by atoms with Gasteiger partial charge in [-0.15, -0.1) is 11.8 Å². The lowest BCUT2D eigenvalue weighted by molar-refractivity contribution is -0.121. The third-order valence-electron chi connectivity index (χ3n) is 4.60. The molecule has 0 aliphatic carbocycles. The van der Waals surface area contributed by atoms with Crippen LogP contribution in [0, 0.1) is 11.3 Å². The van der Waals surface area contributed by atoms with E-state index in [0.717, 1.165) is 22.2 Å². The van der Waals surface area contributed by atoms with E-state index in [0.29, 0.717) is 22.0 Å². The maximum Gasteiger partial charge on any atom is 0.234 e. The zero-order valence-electron chi connectivity index (χ0n) is 16.6. The zero-order valence-corrected chi connectivity index (χ0v) is 18.2. The van der Waals surface area contributed by atoms with Gasteiger partial charge in [-0.25, -0.2) is 0 Å². The molecule has 0 radical (unpaired) electrons. The van der Waals surface area contributed by atoms with Gasteiger partial charge in [0, 0.05) is 22.9 Å². The number of benzene rings is 2. The standard InChI is InChI=1S/C22H21N3O3S2/c1-28-16-7-5-15(6-8-16)24-21(27)13-30-22-19(12-23)18(11-20(26)25-22)14-3-9-17(29-2)10-4-14/h3-10,18H,11,13H2,1-2H3,(H,24,27)(H,25,26)/t18-/m0/s1. The maximum absolute atomic E-state index is 12.3. The summed E-state index contributed by atoms with van der Waals surface area (Å²) < 4.78 is 5.10. The Hall–Kier alpha value is -2.89. The molecule has 1 heterocycles. The molecule has 8 heteroatoms. The number of thioether (sulfide) groups is 2. The summed E-state index contributed by atoms with van der Waals surface area (Å²) >= 11 is 2.79. The quantitative estimate of drug-likeness (QED) is 0.631. The van der Waals surface area contributed by atoms with E-state index >= 15 is 0 Å². The number of allylic oxidation sites excluding steroid dienone is 1. The van der Waals surface area contributed by atoms with Crippen molar-refractivity contribution in [3.63, 3.8) is 0 Å². The second kappa shape index (κ2) is 10.2. The number of methoxy groups -OCH3 is 1. The largest absolute Gasteiger partial charge is 0.497 e. The predicted octanol–water partition coefficient (Wildman–Crippen LogP) is 4.13. The summed E-state index contributed by atoms with van der Waals surface area (Å²) in [7, 11) is 1.58. The van der Waals surface area contributed by atoms with E-state index in [2.05, 4.69) is 16.7 Å². The first-order valence-electron chi connectivity index (χ1n) is 9.18. The first-order valence-corrected chi connectivity index (χ1v) is 11.4. The third kappa shape index (κ3) is 5.38. The average Bonchev–Trinajstić information content (AvgIpc) is 2.78. The molecule has 30 heavy (non-hydrogen) atoms. The molecule has 0 unspecified atom stereocenters. The fourth-order valence-corrected chi connectivity index (χ4v) is 4.35. The van der Waals surface area contributed by atoms with Gasteiger partial charge >= 0.3 is 0 Å². The molecule has 2 amide bonds. The average molecular weight is 440 g/mol. The summed E-state index contributed by atoms with van der Waals surface area (Å²) in [6.07, 6.45) is 2.21. The minimum atomic E-state index is -0.313. The van der Waals surface area contributed by atoms with Crippen LogP contribution in [0.3, 0.4) is 0 Å². The first-order chi connectivity index (χ1) is 14.5. The molecule has 0 spiro atoms. The summed E-state index contributed by atoms with van der Waals surface area (Å²) in [5.41, 5.74) is 2.05. The molecule has 1 atom stereocenters. The van der Waals surface area contributed by atoms with Crippen LogP contribution < -0.4 is 15.4 Å². The Kier molecular flexibility index (Phi) is 7.44. The number of nitriles is 1. The summed E-state index contributed by atoms with van der Waals surface area (Å²) in [4.78, 5) is 25.7. The molecule has 3 rings (SSSR count). The molecule has 2 N–H and O–H groups in total. The summed E-state index contributed by atoms with van der Waals surface area (Å²) in [6.45, 7) is 0. The van der Waals surface area contributed by atoms with E-state index in [1.165, 1.54) is 0 Å². The molecule has 0 fully saturated rings. The van der Waals surface area contributed by atoms with Gasteiger partial charge in [-0.05, 0) is 48.2 Å². The fourth-order valence-electron chi connectivity index (χ4n) is 3.06. The Morgan fingerprint density at radius 2 is 1.93 bits per heavy atom. The Morgan fingerprint density at radius 3 is 2.53 bits per heavy atom. The van der Waals surface area contributed by atoms with Crippen molar-refractivity contribution in [1.29, 1.82) is 5.26 Å². The van der Waals surface area contributed by atoms with Crippen molar-refractivity contribution in [2.45, 2.75) is 17.2 Å². The van der Waals surface area contributed by atoms with Crippen molar-refractivity contribution in [1.82, 2.24) is 5.32 Å². The molecule has 1 aliphatic heterocycles. The molecule has 0 saturated carbocycles.